The van der Waals surface area contributed by atoms with Crippen LogP contribution in [0.25, 0.3) is 0 Å². The number of aliphatic hydroxyl groups excluding tert-OH is 2. The molecule has 0 bridgehead atoms. The van der Waals surface area contributed by atoms with E-state index in [0.717, 1.165) is 0 Å². The molecule has 1 rings (SSSR count). The van der Waals surface area contributed by atoms with E-state index in [1.54, 1.807) is 12.1 Å². The molecule has 0 radical (unpaired) electrons. The van der Waals surface area contributed by atoms with Gasteiger partial charge in [0.1, 0.15) is 24.0 Å². The van der Waals surface area contributed by atoms with Gasteiger partial charge in [0.15, 0.2) is 0 Å². The van der Waals surface area contributed by atoms with Crippen molar-refractivity contribution in [1.82, 2.24) is 0 Å². The van der Waals surface area contributed by atoms with Gasteiger partial charge in [-0.2, -0.15) is 0 Å². The molecule has 1 aromatic rings. The van der Waals surface area contributed by atoms with Crippen molar-refractivity contribution in [3.8, 4) is 5.75 Å². The number of ether oxygens (including phenoxy) is 2. The van der Waals surface area contributed by atoms with Gasteiger partial charge in [0.2, 0.25) is 0 Å². The Bertz CT molecular complexity index is 393. The van der Waals surface area contributed by atoms with Gasteiger partial charge < -0.3 is 25.4 Å². The minimum Gasteiger partial charge on any atom is -0.490 e. The Balaban J connectivity index is 2.91. The van der Waals surface area contributed by atoms with Crippen LogP contribution < -0.4 is 10.5 Å². The van der Waals surface area contributed by atoms with Crippen molar-refractivity contribution < 1.29 is 24.5 Å². The number of esters is 1. The van der Waals surface area contributed by atoms with Crippen molar-refractivity contribution in [2.45, 2.75) is 6.10 Å². The van der Waals surface area contributed by atoms with E-state index < -0.39 is 18.7 Å². The van der Waals surface area contributed by atoms with Gasteiger partial charge in [0.05, 0.1) is 13.7 Å². The fourth-order valence-corrected chi connectivity index (χ4v) is 1.23. The molecular formula is C11H15NO5. The summed E-state index contributed by atoms with van der Waals surface area (Å²) in [6.45, 7) is -0.556. The highest BCUT2D eigenvalue weighted by Crippen LogP contribution is 2.25. The first-order chi connectivity index (χ1) is 8.10. The molecule has 4 N–H and O–H groups in total. The lowest BCUT2D eigenvalue weighted by atomic mass is 10.1. The Kier molecular flexibility index (Phi) is 4.74. The van der Waals surface area contributed by atoms with Crippen molar-refractivity contribution in [2.24, 2.45) is 0 Å². The molecule has 0 aliphatic carbocycles. The second-order valence-electron chi connectivity index (χ2n) is 3.36. The van der Waals surface area contributed by atoms with E-state index in [0.29, 0.717) is 0 Å². The van der Waals surface area contributed by atoms with E-state index in [1.165, 1.54) is 13.2 Å². The fraction of sp³-hybridized carbons (Fsp3) is 0.364. The van der Waals surface area contributed by atoms with Crippen LogP contribution in [0.1, 0.15) is 10.4 Å². The van der Waals surface area contributed by atoms with Gasteiger partial charge in [-0.25, -0.2) is 4.79 Å². The van der Waals surface area contributed by atoms with Gasteiger partial charge in [-0.05, 0) is 12.1 Å². The number of anilines is 1. The molecule has 1 unspecified atom stereocenters. The fourth-order valence-electron chi connectivity index (χ4n) is 1.23. The lowest BCUT2D eigenvalue weighted by molar-refractivity contribution is 0.0504. The molecule has 6 heteroatoms. The molecule has 94 valence electrons. The summed E-state index contributed by atoms with van der Waals surface area (Å²) in [5, 5.41) is 17.8. The Morgan fingerprint density at radius 3 is 2.82 bits per heavy atom. The third-order valence-corrected chi connectivity index (χ3v) is 2.09. The number of hydrogen-bond acceptors (Lipinski definition) is 6. The van der Waals surface area contributed by atoms with Gasteiger partial charge in [0, 0.05) is 5.69 Å². The van der Waals surface area contributed by atoms with Gasteiger partial charge >= 0.3 is 5.97 Å². The van der Waals surface area contributed by atoms with Crippen molar-refractivity contribution in [3.63, 3.8) is 0 Å². The third kappa shape index (κ3) is 3.33. The van der Waals surface area contributed by atoms with Gasteiger partial charge in [-0.15, -0.1) is 0 Å². The second kappa shape index (κ2) is 6.07. The average Bonchev–Trinajstić information content (AvgIpc) is 2.35. The minimum atomic E-state index is -1.01. The van der Waals surface area contributed by atoms with E-state index in [2.05, 4.69) is 4.74 Å². The summed E-state index contributed by atoms with van der Waals surface area (Å²) in [5.41, 5.74) is 5.98. The van der Waals surface area contributed by atoms with E-state index in [1.807, 2.05) is 0 Å². The maximum atomic E-state index is 11.5. The van der Waals surface area contributed by atoms with Crippen LogP contribution in [-0.2, 0) is 4.74 Å². The topological polar surface area (TPSA) is 102 Å². The second-order valence-corrected chi connectivity index (χ2v) is 3.36. The SMILES string of the molecule is COC(=O)c1c(N)cccc1OCC(O)CO. The minimum absolute atomic E-state index is 0.111. The van der Waals surface area contributed by atoms with Crippen molar-refractivity contribution in [3.05, 3.63) is 23.8 Å². The van der Waals surface area contributed by atoms with Crippen LogP contribution in [0.2, 0.25) is 0 Å². The standard InChI is InChI=1S/C11H15NO5/c1-16-11(15)10-8(12)3-2-4-9(10)17-6-7(14)5-13/h2-4,7,13-14H,5-6,12H2,1H3. The molecule has 0 saturated carbocycles. The van der Waals surface area contributed by atoms with Crippen LogP contribution in [0.5, 0.6) is 5.75 Å². The number of rotatable bonds is 5. The van der Waals surface area contributed by atoms with Crippen LogP contribution in [0.3, 0.4) is 0 Å². The molecular weight excluding hydrogens is 226 g/mol. The molecule has 1 aromatic carbocycles. The Morgan fingerprint density at radius 2 is 2.24 bits per heavy atom. The number of nitrogen functional groups attached to an aromatic ring is 1. The van der Waals surface area contributed by atoms with E-state index in [-0.39, 0.29) is 23.6 Å². The molecule has 6 nitrogen and oxygen atoms in total. The van der Waals surface area contributed by atoms with Crippen molar-refractivity contribution >= 4 is 11.7 Å². The Labute approximate surface area is 98.6 Å². The zero-order valence-electron chi connectivity index (χ0n) is 9.42. The number of methoxy groups -OCH3 is 1. The number of carbonyl (C=O) groups is 1. The van der Waals surface area contributed by atoms with E-state index >= 15 is 0 Å². The first-order valence-electron chi connectivity index (χ1n) is 4.98. The summed E-state index contributed by atoms with van der Waals surface area (Å²) < 4.78 is 9.78. The summed E-state index contributed by atoms with van der Waals surface area (Å²) in [7, 11) is 1.24. The molecule has 0 amide bonds. The summed E-state index contributed by atoms with van der Waals surface area (Å²) in [4.78, 5) is 11.5. The lowest BCUT2D eigenvalue weighted by Crippen LogP contribution is -2.22. The molecule has 0 aromatic heterocycles. The Hall–Kier alpha value is -1.79. The molecule has 0 saturated heterocycles. The largest absolute Gasteiger partial charge is 0.490 e. The first-order valence-corrected chi connectivity index (χ1v) is 4.98. The van der Waals surface area contributed by atoms with Crippen LogP contribution >= 0.6 is 0 Å². The van der Waals surface area contributed by atoms with Gasteiger partial charge in [0.25, 0.3) is 0 Å². The summed E-state index contributed by atoms with van der Waals surface area (Å²) in [6, 6.07) is 4.69. The maximum absolute atomic E-state index is 11.5. The quantitative estimate of drug-likeness (QED) is 0.487. The maximum Gasteiger partial charge on any atom is 0.343 e. The zero-order chi connectivity index (χ0) is 12.8. The lowest BCUT2D eigenvalue weighted by Gasteiger charge is -2.13. The van der Waals surface area contributed by atoms with Crippen LogP contribution in [0.15, 0.2) is 18.2 Å². The van der Waals surface area contributed by atoms with Crippen LogP contribution in [-0.4, -0.2) is 42.6 Å². The van der Waals surface area contributed by atoms with Crippen LogP contribution in [0.4, 0.5) is 5.69 Å². The molecule has 0 aliphatic rings. The molecule has 17 heavy (non-hydrogen) atoms. The Morgan fingerprint density at radius 1 is 1.53 bits per heavy atom. The van der Waals surface area contributed by atoms with E-state index in [4.69, 9.17) is 20.7 Å². The van der Waals surface area contributed by atoms with E-state index in [9.17, 15) is 4.79 Å². The molecule has 0 aliphatic heterocycles. The number of hydrogen-bond donors (Lipinski definition) is 3. The van der Waals surface area contributed by atoms with Gasteiger partial charge in [-0.1, -0.05) is 6.07 Å². The number of benzene rings is 1. The average molecular weight is 241 g/mol. The van der Waals surface area contributed by atoms with Crippen LogP contribution in [0, 0.1) is 0 Å². The zero-order valence-corrected chi connectivity index (χ0v) is 9.42. The smallest absolute Gasteiger partial charge is 0.343 e. The third-order valence-electron chi connectivity index (χ3n) is 2.09. The van der Waals surface area contributed by atoms with Crippen molar-refractivity contribution in [2.75, 3.05) is 26.1 Å². The highest BCUT2D eigenvalue weighted by atomic mass is 16.5. The summed E-state index contributed by atoms with van der Waals surface area (Å²) in [6.07, 6.45) is -1.01. The number of nitrogens with two attached hydrogens (primary N) is 1. The molecule has 0 heterocycles. The van der Waals surface area contributed by atoms with Crippen molar-refractivity contribution in [1.29, 1.82) is 0 Å². The normalized spacial score (nSPS) is 11.9. The first kappa shape index (κ1) is 13.3. The predicted molar refractivity (Wildman–Crippen MR) is 60.8 cm³/mol. The highest BCUT2D eigenvalue weighted by molar-refractivity contribution is 5.98. The summed E-state index contributed by atoms with van der Waals surface area (Å²) >= 11 is 0. The number of aliphatic hydroxyl groups is 2. The molecule has 1 atom stereocenters. The molecule has 0 spiro atoms. The monoisotopic (exact) mass is 241 g/mol. The van der Waals surface area contributed by atoms with Gasteiger partial charge in [-0.3, -0.25) is 0 Å². The predicted octanol–water partition coefficient (Wildman–Crippen LogP) is -0.213. The highest BCUT2D eigenvalue weighted by Gasteiger charge is 2.17. The molecule has 0 fully saturated rings. The summed E-state index contributed by atoms with van der Waals surface area (Å²) in [5.74, 6) is -0.402. The number of carbonyl (C=O) groups excluding carboxylic acids is 1.